The third kappa shape index (κ3) is 4.23. The second-order valence-corrected chi connectivity index (χ2v) is 10.5. The molecule has 9 heteroatoms. The molecule has 0 atom stereocenters. The van der Waals surface area contributed by atoms with Crippen molar-refractivity contribution in [2.45, 2.75) is 38.7 Å². The largest absolute Gasteiger partial charge is 0.461 e. The van der Waals surface area contributed by atoms with Gasteiger partial charge in [0.05, 0.1) is 23.0 Å². The van der Waals surface area contributed by atoms with E-state index in [1.807, 2.05) is 48.5 Å². The number of benzene rings is 2. The van der Waals surface area contributed by atoms with E-state index in [0.29, 0.717) is 23.9 Å². The minimum Gasteiger partial charge on any atom is -0.461 e. The van der Waals surface area contributed by atoms with E-state index in [1.165, 1.54) is 25.3 Å². The lowest BCUT2D eigenvalue weighted by atomic mass is 9.93. The molecule has 0 unspecified atom stereocenters. The summed E-state index contributed by atoms with van der Waals surface area (Å²) in [6, 6.07) is 14.0. The quantitative estimate of drug-likeness (QED) is 0.303. The Hall–Kier alpha value is -4.79. The van der Waals surface area contributed by atoms with Gasteiger partial charge in [-0.05, 0) is 60.1 Å². The molecule has 3 aromatic heterocycles. The summed E-state index contributed by atoms with van der Waals surface area (Å²) in [5, 5.41) is 4.25. The number of imidazole rings is 1. The first-order valence-corrected chi connectivity index (χ1v) is 13.5. The second kappa shape index (κ2) is 9.44. The zero-order valence-corrected chi connectivity index (χ0v) is 22.3. The Morgan fingerprint density at radius 1 is 1.12 bits per heavy atom. The summed E-state index contributed by atoms with van der Waals surface area (Å²) >= 11 is 0. The van der Waals surface area contributed by atoms with Crippen LogP contribution in [0.4, 0.5) is 5.69 Å². The number of carbonyl (C=O) groups is 2. The predicted molar refractivity (Wildman–Crippen MR) is 151 cm³/mol. The number of ether oxygens (including phenoxy) is 1. The van der Waals surface area contributed by atoms with Crippen LogP contribution in [0.5, 0.6) is 0 Å². The Labute approximate surface area is 230 Å². The first kappa shape index (κ1) is 24.3. The number of pyridine rings is 1. The predicted octanol–water partition coefficient (Wildman–Crippen LogP) is 5.17. The number of aromatic nitrogens is 5. The van der Waals surface area contributed by atoms with Crippen molar-refractivity contribution in [2.24, 2.45) is 7.05 Å². The third-order valence-electron chi connectivity index (χ3n) is 7.78. The first-order chi connectivity index (χ1) is 19.5. The maximum Gasteiger partial charge on any atom is 0.302 e. The summed E-state index contributed by atoms with van der Waals surface area (Å²) in [5.41, 5.74) is 8.55. The average Bonchev–Trinajstić information content (AvgIpc) is 3.57. The number of nitrogens with one attached hydrogen (secondary N) is 1. The van der Waals surface area contributed by atoms with Crippen molar-refractivity contribution in [3.63, 3.8) is 0 Å². The molecule has 2 aliphatic rings. The molecular weight excluding hydrogens is 504 g/mol. The molecule has 0 saturated heterocycles. The summed E-state index contributed by atoms with van der Waals surface area (Å²) in [7, 11) is 1.86. The normalized spacial score (nSPS) is 14.9. The molecule has 0 radical (unpaired) electrons. The van der Waals surface area contributed by atoms with Gasteiger partial charge < -0.3 is 14.6 Å². The minimum absolute atomic E-state index is 0.0332. The van der Waals surface area contributed by atoms with Gasteiger partial charge in [0.2, 0.25) is 0 Å². The van der Waals surface area contributed by atoms with Gasteiger partial charge in [-0.3, -0.25) is 14.3 Å². The van der Waals surface area contributed by atoms with Crippen molar-refractivity contribution in [3.05, 3.63) is 83.3 Å². The van der Waals surface area contributed by atoms with Crippen molar-refractivity contribution >= 4 is 28.7 Å². The number of nitrogens with zero attached hydrogens (tertiary/aromatic N) is 5. The van der Waals surface area contributed by atoms with Crippen LogP contribution >= 0.6 is 0 Å². The highest BCUT2D eigenvalue weighted by molar-refractivity contribution is 6.09. The van der Waals surface area contributed by atoms with Crippen LogP contribution in [0.15, 0.2) is 61.1 Å². The molecule has 1 fully saturated rings. The van der Waals surface area contributed by atoms with Crippen LogP contribution in [0.1, 0.15) is 52.7 Å². The molecule has 1 aliphatic carbocycles. The number of carbonyl (C=O) groups excluding carboxylic acids is 2. The second-order valence-electron chi connectivity index (χ2n) is 10.5. The Morgan fingerprint density at radius 2 is 2.00 bits per heavy atom. The Morgan fingerprint density at radius 3 is 2.77 bits per heavy atom. The fourth-order valence-corrected chi connectivity index (χ4v) is 5.63. The van der Waals surface area contributed by atoms with Crippen molar-refractivity contribution < 1.29 is 14.3 Å². The Kier molecular flexibility index (Phi) is 5.73. The smallest absolute Gasteiger partial charge is 0.302 e. The van der Waals surface area contributed by atoms with Crippen LogP contribution in [-0.4, -0.2) is 43.2 Å². The van der Waals surface area contributed by atoms with Gasteiger partial charge in [-0.1, -0.05) is 24.3 Å². The number of aryl methyl sites for hydroxylation is 1. The van der Waals surface area contributed by atoms with Gasteiger partial charge in [-0.25, -0.2) is 9.97 Å². The molecular formula is C31H28N6O3. The van der Waals surface area contributed by atoms with E-state index in [0.717, 1.165) is 51.0 Å². The molecule has 9 nitrogen and oxygen atoms in total. The highest BCUT2D eigenvalue weighted by Crippen LogP contribution is 2.42. The average molecular weight is 533 g/mol. The molecule has 40 heavy (non-hydrogen) atoms. The number of esters is 1. The SMILES string of the molecule is CC(=O)OCc1c(-c2ccnc3nc(-c4cnn(C)c4)[nH]c23)cccc1N1CCc2cc(C3CC3)ccc2C1=O. The van der Waals surface area contributed by atoms with Gasteiger partial charge in [-0.15, -0.1) is 0 Å². The zero-order chi connectivity index (χ0) is 27.4. The molecule has 7 rings (SSSR count). The maximum absolute atomic E-state index is 13.8. The van der Waals surface area contributed by atoms with Crippen molar-refractivity contribution in [2.75, 3.05) is 11.4 Å². The van der Waals surface area contributed by atoms with Gasteiger partial charge in [0, 0.05) is 49.6 Å². The zero-order valence-electron chi connectivity index (χ0n) is 22.3. The van der Waals surface area contributed by atoms with Gasteiger partial charge in [0.25, 0.3) is 5.91 Å². The molecule has 0 spiro atoms. The van der Waals surface area contributed by atoms with E-state index >= 15 is 0 Å². The number of rotatable bonds is 6. The fraction of sp³-hybridized carbons (Fsp3) is 0.258. The molecule has 4 heterocycles. The molecule has 1 N–H and O–H groups in total. The summed E-state index contributed by atoms with van der Waals surface area (Å²) in [5.74, 6) is 0.881. The third-order valence-corrected chi connectivity index (χ3v) is 7.78. The number of anilines is 1. The molecule has 5 aromatic rings. The van der Waals surface area contributed by atoms with Crippen LogP contribution in [0.25, 0.3) is 33.7 Å². The molecule has 2 aromatic carbocycles. The van der Waals surface area contributed by atoms with Gasteiger partial charge >= 0.3 is 5.97 Å². The van der Waals surface area contributed by atoms with Crippen molar-refractivity contribution in [1.29, 1.82) is 0 Å². The highest BCUT2D eigenvalue weighted by atomic mass is 16.5. The van der Waals surface area contributed by atoms with E-state index in [4.69, 9.17) is 4.74 Å². The lowest BCUT2D eigenvalue weighted by molar-refractivity contribution is -0.142. The first-order valence-electron chi connectivity index (χ1n) is 13.5. The number of hydrogen-bond acceptors (Lipinski definition) is 6. The lowest BCUT2D eigenvalue weighted by Gasteiger charge is -2.31. The lowest BCUT2D eigenvalue weighted by Crippen LogP contribution is -2.38. The molecule has 200 valence electrons. The van der Waals surface area contributed by atoms with Crippen molar-refractivity contribution in [3.8, 4) is 22.5 Å². The molecule has 0 bridgehead atoms. The Balaban J connectivity index is 1.33. The Bertz CT molecular complexity index is 1800. The van der Waals surface area contributed by atoms with E-state index < -0.39 is 0 Å². The van der Waals surface area contributed by atoms with Gasteiger partial charge in [0.1, 0.15) is 12.4 Å². The molecule has 1 saturated carbocycles. The topological polar surface area (TPSA) is 106 Å². The highest BCUT2D eigenvalue weighted by Gasteiger charge is 2.31. The molecule has 1 amide bonds. The van der Waals surface area contributed by atoms with Gasteiger partial charge in [0.15, 0.2) is 5.65 Å². The van der Waals surface area contributed by atoms with E-state index in [2.05, 4.69) is 32.2 Å². The van der Waals surface area contributed by atoms with Crippen LogP contribution in [-0.2, 0) is 29.6 Å². The summed E-state index contributed by atoms with van der Waals surface area (Å²) in [6.07, 6.45) is 8.58. The van der Waals surface area contributed by atoms with Crippen LogP contribution in [0.2, 0.25) is 0 Å². The van der Waals surface area contributed by atoms with Gasteiger partial charge in [-0.2, -0.15) is 5.10 Å². The van der Waals surface area contributed by atoms with Crippen LogP contribution in [0.3, 0.4) is 0 Å². The van der Waals surface area contributed by atoms with E-state index in [1.54, 1.807) is 17.1 Å². The number of amides is 1. The fourth-order valence-electron chi connectivity index (χ4n) is 5.63. The monoisotopic (exact) mass is 532 g/mol. The number of fused-ring (bicyclic) bond motifs is 2. The van der Waals surface area contributed by atoms with Crippen molar-refractivity contribution in [1.82, 2.24) is 24.7 Å². The number of aromatic amines is 1. The number of hydrogen-bond donors (Lipinski definition) is 1. The summed E-state index contributed by atoms with van der Waals surface area (Å²) in [6.45, 7) is 1.98. The van der Waals surface area contributed by atoms with E-state index in [-0.39, 0.29) is 18.5 Å². The number of H-pyrrole nitrogens is 1. The summed E-state index contributed by atoms with van der Waals surface area (Å²) < 4.78 is 7.26. The molecule has 1 aliphatic heterocycles. The maximum atomic E-state index is 13.8. The standard InChI is InChI=1S/C31H28N6O3/c1-18(38)40-17-26-24(25-10-12-32-30-28(25)34-29(35-30)22-15-33-36(2)16-22)4-3-5-27(26)37-13-11-21-14-20(19-6-7-19)8-9-23(21)31(37)39/h3-5,8-10,12,14-16,19H,6-7,11,13,17H2,1-2H3,(H,32,34,35). The summed E-state index contributed by atoms with van der Waals surface area (Å²) in [4.78, 5) is 40.1. The van der Waals surface area contributed by atoms with Crippen LogP contribution in [0, 0.1) is 0 Å². The minimum atomic E-state index is -0.385. The van der Waals surface area contributed by atoms with Crippen LogP contribution < -0.4 is 4.90 Å². The van der Waals surface area contributed by atoms with E-state index in [9.17, 15) is 9.59 Å².